The Morgan fingerprint density at radius 1 is 0.386 bits per heavy atom. The van der Waals surface area contributed by atoms with Crippen molar-refractivity contribution in [3.8, 4) is 28.2 Å². The van der Waals surface area contributed by atoms with Crippen molar-refractivity contribution >= 4 is 76.8 Å². The number of hydrogen-bond donors (Lipinski definition) is 0. The summed E-state index contributed by atoms with van der Waals surface area (Å²) in [5, 5.41) is 6.06. The van der Waals surface area contributed by atoms with E-state index in [-0.39, 0.29) is 28.8 Å². The average molecular weight is 921 g/mol. The molecule has 9 heteroatoms. The maximum Gasteiger partial charge on any atom is 0.417 e. The Labute approximate surface area is 397 Å². The lowest BCUT2D eigenvalue weighted by molar-refractivity contribution is -0.137. The molecule has 2 atom stereocenters. The van der Waals surface area contributed by atoms with Gasteiger partial charge in [0.25, 0.3) is 0 Å². The average Bonchev–Trinajstić information content (AvgIpc) is 4.10. The third kappa shape index (κ3) is 5.87. The van der Waals surface area contributed by atoms with Gasteiger partial charge in [0.05, 0.1) is 56.1 Å². The van der Waals surface area contributed by atoms with Crippen LogP contribution in [0, 0.1) is 11.6 Å². The first-order chi connectivity index (χ1) is 34.2. The fourth-order valence-electron chi connectivity index (χ4n) is 11.6. The van der Waals surface area contributed by atoms with Gasteiger partial charge >= 0.3 is 6.18 Å². The maximum atomic E-state index is 16.0. The van der Waals surface area contributed by atoms with Gasteiger partial charge in [-0.3, -0.25) is 0 Å². The largest absolute Gasteiger partial charge is 0.417 e. The second-order valence-electron chi connectivity index (χ2n) is 18.2. The highest BCUT2D eigenvalue weighted by atomic mass is 19.4. The predicted molar refractivity (Wildman–Crippen MR) is 273 cm³/mol. The summed E-state index contributed by atoms with van der Waals surface area (Å²) in [7, 11) is 0. The first-order valence-electron chi connectivity index (χ1n) is 23.2. The molecule has 70 heavy (non-hydrogen) atoms. The molecule has 0 amide bonds. The van der Waals surface area contributed by atoms with E-state index in [4.69, 9.17) is 0 Å². The van der Waals surface area contributed by atoms with E-state index >= 15 is 22.0 Å². The molecule has 9 aromatic carbocycles. The predicted octanol–water partition coefficient (Wildman–Crippen LogP) is 16.7. The van der Waals surface area contributed by atoms with Crippen LogP contribution in [-0.2, 0) is 6.18 Å². The van der Waals surface area contributed by atoms with Crippen molar-refractivity contribution < 1.29 is 22.0 Å². The molecule has 4 heterocycles. The number of aromatic nitrogens is 3. The monoisotopic (exact) mass is 920 g/mol. The SMILES string of the molecule is Fc1cc(F)cc(-c2cc(N3c4cc(-n5c6ccccc6c6ccccc65)ccc4C4C=CC=CC43)c(-n3c4ccccc4c4ccc(-n5c6ccccc6c6ccccc65)cc43)cc2C(F)(F)F)c1. The van der Waals surface area contributed by atoms with Gasteiger partial charge in [0.15, 0.2) is 0 Å². The normalized spacial score (nSPS) is 15.6. The number of hydrogen-bond acceptors (Lipinski definition) is 1. The molecule has 1 aliphatic carbocycles. The van der Waals surface area contributed by atoms with Gasteiger partial charge in [0, 0.05) is 61.4 Å². The summed E-state index contributed by atoms with van der Waals surface area (Å²) < 4.78 is 84.7. The minimum absolute atomic E-state index is 0.169. The zero-order valence-electron chi connectivity index (χ0n) is 37.0. The Bertz CT molecular complexity index is 4120. The summed E-state index contributed by atoms with van der Waals surface area (Å²) in [6, 6.07) is 58.2. The first kappa shape index (κ1) is 40.4. The quantitative estimate of drug-likeness (QED) is 0.157. The fourth-order valence-corrected chi connectivity index (χ4v) is 11.6. The second-order valence-corrected chi connectivity index (χ2v) is 18.2. The van der Waals surface area contributed by atoms with Crippen molar-refractivity contribution in [1.82, 2.24) is 13.7 Å². The van der Waals surface area contributed by atoms with Crippen LogP contribution in [0.5, 0.6) is 0 Å². The lowest BCUT2D eigenvalue weighted by atomic mass is 9.91. The van der Waals surface area contributed by atoms with E-state index in [1.165, 1.54) is 12.1 Å². The minimum Gasteiger partial charge on any atom is -0.331 e. The Morgan fingerprint density at radius 2 is 0.857 bits per heavy atom. The van der Waals surface area contributed by atoms with Gasteiger partial charge in [-0.15, -0.1) is 0 Å². The Balaban J connectivity index is 1.10. The van der Waals surface area contributed by atoms with E-state index < -0.39 is 23.4 Å². The number of benzene rings is 9. The van der Waals surface area contributed by atoms with Crippen molar-refractivity contribution in [1.29, 1.82) is 0 Å². The highest BCUT2D eigenvalue weighted by Crippen LogP contribution is 2.53. The molecule has 0 bridgehead atoms. The molecular formula is C61H37F5N4. The van der Waals surface area contributed by atoms with Gasteiger partial charge in [-0.05, 0) is 95.6 Å². The van der Waals surface area contributed by atoms with Crippen LogP contribution in [0.15, 0.2) is 212 Å². The van der Waals surface area contributed by atoms with Crippen molar-refractivity contribution in [3.63, 3.8) is 0 Å². The van der Waals surface area contributed by atoms with E-state index in [1.807, 2.05) is 89.5 Å². The summed E-state index contributed by atoms with van der Waals surface area (Å²) >= 11 is 0. The highest BCUT2D eigenvalue weighted by molar-refractivity contribution is 6.13. The number of allylic oxidation sites excluding steroid dienone is 2. The number of nitrogens with zero attached hydrogens (tertiary/aromatic N) is 4. The molecule has 3 aromatic heterocycles. The van der Waals surface area contributed by atoms with Gasteiger partial charge < -0.3 is 18.6 Å². The zero-order chi connectivity index (χ0) is 47.0. The lowest BCUT2D eigenvalue weighted by Gasteiger charge is -2.32. The highest BCUT2D eigenvalue weighted by Gasteiger charge is 2.42. The summed E-state index contributed by atoms with van der Waals surface area (Å²) in [5.74, 6) is -2.12. The van der Waals surface area contributed by atoms with Crippen LogP contribution in [-0.4, -0.2) is 19.7 Å². The number of para-hydroxylation sites is 5. The number of anilines is 2. The summed E-state index contributed by atoms with van der Waals surface area (Å²) in [6.07, 6.45) is 3.27. The van der Waals surface area contributed by atoms with Gasteiger partial charge in [-0.2, -0.15) is 13.2 Å². The van der Waals surface area contributed by atoms with Crippen molar-refractivity contribution in [2.75, 3.05) is 4.90 Å². The van der Waals surface area contributed by atoms with E-state index in [1.54, 1.807) is 0 Å². The van der Waals surface area contributed by atoms with Crippen molar-refractivity contribution in [3.05, 3.63) is 235 Å². The Kier molecular flexibility index (Phi) is 8.60. The van der Waals surface area contributed by atoms with Gasteiger partial charge in [0.2, 0.25) is 0 Å². The molecule has 1 aliphatic heterocycles. The van der Waals surface area contributed by atoms with E-state index in [9.17, 15) is 0 Å². The molecular weight excluding hydrogens is 884 g/mol. The number of halogens is 5. The van der Waals surface area contributed by atoms with Gasteiger partial charge in [-0.25, -0.2) is 8.78 Å². The molecule has 12 aromatic rings. The smallest absolute Gasteiger partial charge is 0.331 e. The fraction of sp³-hybridized carbons (Fsp3) is 0.0492. The summed E-state index contributed by atoms with van der Waals surface area (Å²) in [5.41, 5.74) is 8.03. The Morgan fingerprint density at radius 3 is 1.40 bits per heavy atom. The minimum atomic E-state index is -4.93. The van der Waals surface area contributed by atoms with Crippen molar-refractivity contribution in [2.24, 2.45) is 0 Å². The zero-order valence-corrected chi connectivity index (χ0v) is 37.0. The van der Waals surface area contributed by atoms with Crippen LogP contribution in [0.2, 0.25) is 0 Å². The van der Waals surface area contributed by atoms with Crippen LogP contribution >= 0.6 is 0 Å². The third-order valence-corrected chi connectivity index (χ3v) is 14.5. The summed E-state index contributed by atoms with van der Waals surface area (Å²) in [4.78, 5) is 2.13. The molecule has 0 spiro atoms. The molecule has 0 saturated carbocycles. The first-order valence-corrected chi connectivity index (χ1v) is 23.2. The number of fused-ring (bicyclic) bond motifs is 12. The molecule has 0 N–H and O–H groups in total. The second kappa shape index (κ2) is 14.9. The topological polar surface area (TPSA) is 18.0 Å². The number of rotatable bonds is 5. The van der Waals surface area contributed by atoms with Crippen LogP contribution in [0.1, 0.15) is 17.0 Å². The molecule has 4 nitrogen and oxygen atoms in total. The molecule has 0 fully saturated rings. The third-order valence-electron chi connectivity index (χ3n) is 14.5. The maximum absolute atomic E-state index is 16.0. The molecule has 2 unspecified atom stereocenters. The molecule has 14 rings (SSSR count). The van der Waals surface area contributed by atoms with Crippen LogP contribution < -0.4 is 4.90 Å². The Hall–Kier alpha value is -8.69. The lowest BCUT2D eigenvalue weighted by Crippen LogP contribution is -2.30. The molecule has 2 aliphatic rings. The number of alkyl halides is 3. The van der Waals surface area contributed by atoms with Gasteiger partial charge in [-0.1, -0.05) is 127 Å². The van der Waals surface area contributed by atoms with Crippen LogP contribution in [0.4, 0.5) is 33.3 Å². The standard InChI is InChI=1S/C61H37F5N4/c62-37-29-36(30-38(63)31-37)49-34-59(69-55-23-11-5-17-45(55)47-27-25-39(32-57(47)69)67-51-19-7-1-13-41(51)42-14-2-8-20-52(42)67)60(35-50(49)61(64,65)66)70-56-24-12-6-18-46(56)48-28-26-40(33-58(48)70)68-53-21-9-3-15-43(53)44-16-4-10-22-54(44)68/h1-35,45,55H. The molecule has 336 valence electrons. The van der Waals surface area contributed by atoms with Crippen molar-refractivity contribution in [2.45, 2.75) is 18.1 Å². The summed E-state index contributed by atoms with van der Waals surface area (Å²) in [6.45, 7) is 0. The van der Waals surface area contributed by atoms with Crippen LogP contribution in [0.25, 0.3) is 93.6 Å². The van der Waals surface area contributed by atoms with E-state index in [2.05, 4.69) is 111 Å². The molecule has 0 radical (unpaired) electrons. The van der Waals surface area contributed by atoms with Crippen LogP contribution in [0.3, 0.4) is 0 Å². The van der Waals surface area contributed by atoms with Gasteiger partial charge in [0.1, 0.15) is 11.6 Å². The van der Waals surface area contributed by atoms with E-state index in [0.717, 1.165) is 89.1 Å². The molecule has 0 saturated heterocycles. The van der Waals surface area contributed by atoms with E-state index in [0.29, 0.717) is 22.8 Å².